The van der Waals surface area contributed by atoms with Gasteiger partial charge in [0.15, 0.2) is 0 Å². The number of hydrogen-bond donors (Lipinski definition) is 2. The molecule has 0 radical (unpaired) electrons. The Bertz CT molecular complexity index is 378. The van der Waals surface area contributed by atoms with Gasteiger partial charge < -0.3 is 5.73 Å². The van der Waals surface area contributed by atoms with E-state index in [0.29, 0.717) is 15.9 Å². The van der Waals surface area contributed by atoms with Gasteiger partial charge in [-0.1, -0.05) is 0 Å². The number of carbonyl (C=O) groups is 1. The topological polar surface area (TPSA) is 80.4 Å². The Morgan fingerprint density at radius 3 is 3.14 bits per heavy atom. The van der Waals surface area contributed by atoms with Gasteiger partial charge in [-0.15, -0.1) is 0 Å². The van der Waals surface area contributed by atoms with E-state index < -0.39 is 0 Å². The first kappa shape index (κ1) is 10.6. The molecule has 0 atom stereocenters. The molecule has 14 heavy (non-hydrogen) atoms. The zero-order valence-corrected chi connectivity index (χ0v) is 9.08. The Morgan fingerprint density at radius 1 is 1.79 bits per heavy atom. The second-order valence-corrected chi connectivity index (χ2v) is 3.28. The van der Waals surface area contributed by atoms with Gasteiger partial charge in [0.1, 0.15) is 4.60 Å². The number of rotatable bonds is 2. The van der Waals surface area contributed by atoms with Crippen molar-refractivity contribution in [2.24, 2.45) is 5.10 Å². The van der Waals surface area contributed by atoms with E-state index in [4.69, 9.17) is 5.73 Å². The summed E-state index contributed by atoms with van der Waals surface area (Å²) in [5.74, 6) is -0.229. The third-order valence-corrected chi connectivity index (χ3v) is 2.03. The lowest BCUT2D eigenvalue weighted by molar-refractivity contribution is -0.118. The number of amides is 1. The van der Waals surface area contributed by atoms with E-state index >= 15 is 0 Å². The van der Waals surface area contributed by atoms with E-state index in [1.165, 1.54) is 13.1 Å². The summed E-state index contributed by atoms with van der Waals surface area (Å²) in [5.41, 5.74) is 9.15. The van der Waals surface area contributed by atoms with Crippen LogP contribution < -0.4 is 11.2 Å². The van der Waals surface area contributed by atoms with Crippen LogP contribution in [0.3, 0.4) is 0 Å². The number of nitrogens with two attached hydrogens (primary N) is 1. The fraction of sp³-hybridized carbons (Fsp3) is 0.125. The number of halogens is 1. The molecule has 0 aromatic carbocycles. The van der Waals surface area contributed by atoms with Crippen molar-refractivity contribution in [2.75, 3.05) is 5.73 Å². The maximum atomic E-state index is 10.5. The first-order chi connectivity index (χ1) is 6.61. The molecule has 0 saturated carbocycles. The van der Waals surface area contributed by atoms with Crippen LogP contribution in [0.5, 0.6) is 0 Å². The second kappa shape index (κ2) is 4.71. The van der Waals surface area contributed by atoms with Crippen molar-refractivity contribution in [3.63, 3.8) is 0 Å². The number of anilines is 1. The van der Waals surface area contributed by atoms with E-state index in [9.17, 15) is 4.79 Å². The third kappa shape index (κ3) is 2.81. The first-order valence-electron chi connectivity index (χ1n) is 3.81. The minimum atomic E-state index is -0.229. The van der Waals surface area contributed by atoms with Crippen molar-refractivity contribution in [3.8, 4) is 0 Å². The highest BCUT2D eigenvalue weighted by Crippen LogP contribution is 2.18. The number of nitrogen functional groups attached to an aromatic ring is 1. The molecule has 1 amide bonds. The van der Waals surface area contributed by atoms with Gasteiger partial charge in [0.2, 0.25) is 5.91 Å². The van der Waals surface area contributed by atoms with Crippen molar-refractivity contribution in [2.45, 2.75) is 6.92 Å². The fourth-order valence-electron chi connectivity index (χ4n) is 0.767. The van der Waals surface area contributed by atoms with Crippen LogP contribution in [-0.2, 0) is 4.79 Å². The van der Waals surface area contributed by atoms with Crippen LogP contribution in [0.25, 0.3) is 0 Å². The number of pyridine rings is 1. The number of hydrogen-bond acceptors (Lipinski definition) is 4. The van der Waals surface area contributed by atoms with Crippen molar-refractivity contribution in [3.05, 3.63) is 22.4 Å². The lowest BCUT2D eigenvalue weighted by Crippen LogP contribution is -2.12. The maximum Gasteiger partial charge on any atom is 0.236 e. The molecule has 0 bridgehead atoms. The highest BCUT2D eigenvalue weighted by Gasteiger charge is 2.00. The summed E-state index contributed by atoms with van der Waals surface area (Å²) >= 11 is 3.18. The minimum absolute atomic E-state index is 0.229. The predicted octanol–water partition coefficient (Wildman–Crippen LogP) is 0.896. The summed E-state index contributed by atoms with van der Waals surface area (Å²) < 4.78 is 0.560. The van der Waals surface area contributed by atoms with Gasteiger partial charge in [-0.05, 0) is 22.0 Å². The summed E-state index contributed by atoms with van der Waals surface area (Å²) in [4.78, 5) is 14.4. The molecule has 5 nitrogen and oxygen atoms in total. The molecule has 6 heteroatoms. The van der Waals surface area contributed by atoms with E-state index in [-0.39, 0.29) is 5.91 Å². The summed E-state index contributed by atoms with van der Waals surface area (Å²) in [6.07, 6.45) is 3.05. The zero-order valence-electron chi connectivity index (χ0n) is 7.49. The number of aromatic nitrogens is 1. The largest absolute Gasteiger partial charge is 0.396 e. The molecule has 0 saturated heterocycles. The highest BCUT2D eigenvalue weighted by molar-refractivity contribution is 9.10. The quantitative estimate of drug-likeness (QED) is 0.469. The van der Waals surface area contributed by atoms with E-state index in [1.807, 2.05) is 0 Å². The molecule has 0 aliphatic carbocycles. The summed E-state index contributed by atoms with van der Waals surface area (Å²) in [6.45, 7) is 1.38. The molecule has 0 aliphatic heterocycles. The summed E-state index contributed by atoms with van der Waals surface area (Å²) in [6, 6.07) is 1.70. The third-order valence-electron chi connectivity index (χ3n) is 1.40. The number of hydrazone groups is 1. The van der Waals surface area contributed by atoms with Gasteiger partial charge >= 0.3 is 0 Å². The lowest BCUT2D eigenvalue weighted by atomic mass is 10.2. The van der Waals surface area contributed by atoms with Crippen LogP contribution in [0, 0.1) is 0 Å². The van der Waals surface area contributed by atoms with Gasteiger partial charge in [-0.25, -0.2) is 10.4 Å². The summed E-state index contributed by atoms with van der Waals surface area (Å²) in [7, 11) is 0. The number of nitrogens with one attached hydrogen (secondary N) is 1. The monoisotopic (exact) mass is 256 g/mol. The molecular formula is C8H9BrN4O. The Balaban J connectivity index is 2.81. The highest BCUT2D eigenvalue weighted by atomic mass is 79.9. The van der Waals surface area contributed by atoms with Crippen molar-refractivity contribution >= 4 is 33.7 Å². The molecule has 0 aliphatic rings. The summed E-state index contributed by atoms with van der Waals surface area (Å²) in [5, 5.41) is 3.69. The predicted molar refractivity (Wildman–Crippen MR) is 57.8 cm³/mol. The Labute approximate surface area is 89.5 Å². The molecule has 0 spiro atoms. The van der Waals surface area contributed by atoms with Gasteiger partial charge in [0.05, 0.1) is 11.9 Å². The van der Waals surface area contributed by atoms with Gasteiger partial charge in [-0.3, -0.25) is 4.79 Å². The number of nitrogens with zero attached hydrogens (tertiary/aromatic N) is 2. The van der Waals surface area contributed by atoms with Crippen molar-refractivity contribution in [1.82, 2.24) is 10.4 Å². The zero-order chi connectivity index (χ0) is 10.6. The molecule has 3 N–H and O–H groups in total. The van der Waals surface area contributed by atoms with Crippen LogP contribution in [0.2, 0.25) is 0 Å². The lowest BCUT2D eigenvalue weighted by Gasteiger charge is -2.00. The van der Waals surface area contributed by atoms with E-state index in [0.717, 1.165) is 0 Å². The maximum absolute atomic E-state index is 10.5. The normalized spacial score (nSPS) is 10.4. The average Bonchev–Trinajstić information content (AvgIpc) is 2.12. The van der Waals surface area contributed by atoms with E-state index in [1.54, 1.807) is 12.3 Å². The molecule has 1 aromatic rings. The molecule has 74 valence electrons. The van der Waals surface area contributed by atoms with Gasteiger partial charge in [-0.2, -0.15) is 5.10 Å². The van der Waals surface area contributed by atoms with Crippen LogP contribution in [0.15, 0.2) is 22.0 Å². The minimum Gasteiger partial charge on any atom is -0.396 e. The SMILES string of the molecule is CC(=O)N/N=C/c1ccnc(Br)c1N. The smallest absolute Gasteiger partial charge is 0.236 e. The van der Waals surface area contributed by atoms with E-state index in [2.05, 4.69) is 31.4 Å². The van der Waals surface area contributed by atoms with Crippen LogP contribution in [0.1, 0.15) is 12.5 Å². The Hall–Kier alpha value is -1.43. The van der Waals surface area contributed by atoms with Gasteiger partial charge in [0, 0.05) is 18.7 Å². The molecule has 1 heterocycles. The Morgan fingerprint density at radius 2 is 2.50 bits per heavy atom. The molecular weight excluding hydrogens is 248 g/mol. The van der Waals surface area contributed by atoms with Crippen LogP contribution in [0.4, 0.5) is 5.69 Å². The Kier molecular flexibility index (Phi) is 3.58. The van der Waals surface area contributed by atoms with Crippen LogP contribution >= 0.6 is 15.9 Å². The standard InChI is InChI=1S/C8H9BrN4O/c1-5(14)13-12-4-6-2-3-11-8(9)7(6)10/h2-4H,10H2,1H3,(H,13,14)/b12-4+. The van der Waals surface area contributed by atoms with Crippen LogP contribution in [-0.4, -0.2) is 17.1 Å². The fourth-order valence-corrected chi connectivity index (χ4v) is 1.11. The second-order valence-electron chi connectivity index (χ2n) is 2.53. The van der Waals surface area contributed by atoms with Crippen molar-refractivity contribution < 1.29 is 4.79 Å². The molecule has 1 aromatic heterocycles. The number of carbonyl (C=O) groups excluding carboxylic acids is 1. The molecule has 0 unspecified atom stereocenters. The van der Waals surface area contributed by atoms with Crippen molar-refractivity contribution in [1.29, 1.82) is 0 Å². The van der Waals surface area contributed by atoms with Gasteiger partial charge in [0.25, 0.3) is 0 Å². The average molecular weight is 257 g/mol. The molecule has 0 fully saturated rings. The molecule has 1 rings (SSSR count). The first-order valence-corrected chi connectivity index (χ1v) is 4.60.